The predicted molar refractivity (Wildman–Crippen MR) is 111 cm³/mol. The van der Waals surface area contributed by atoms with E-state index < -0.39 is 0 Å². The molecule has 0 spiro atoms. The maximum atomic E-state index is 13.1. The Kier molecular flexibility index (Phi) is 5.91. The first-order valence-electron chi connectivity index (χ1n) is 10.3. The zero-order chi connectivity index (χ0) is 19.3. The summed E-state index contributed by atoms with van der Waals surface area (Å²) in [5.74, 6) is -0.124. The van der Waals surface area contributed by atoms with Crippen LogP contribution in [-0.2, 0) is 11.3 Å². The molecule has 0 aliphatic carbocycles. The summed E-state index contributed by atoms with van der Waals surface area (Å²) >= 11 is 0. The van der Waals surface area contributed by atoms with Crippen molar-refractivity contribution in [3.05, 3.63) is 59.9 Å². The van der Waals surface area contributed by atoms with E-state index in [0.29, 0.717) is 0 Å². The van der Waals surface area contributed by atoms with Crippen LogP contribution in [0.3, 0.4) is 0 Å². The van der Waals surface area contributed by atoms with Gasteiger partial charge in [0.05, 0.1) is 5.92 Å². The van der Waals surface area contributed by atoms with Gasteiger partial charge in [-0.15, -0.1) is 0 Å². The van der Waals surface area contributed by atoms with Gasteiger partial charge in [-0.25, -0.2) is 4.39 Å². The Bertz CT molecular complexity index is 784. The van der Waals surface area contributed by atoms with Gasteiger partial charge in [0.15, 0.2) is 0 Å². The molecule has 2 aliphatic heterocycles. The zero-order valence-electron chi connectivity index (χ0n) is 16.2. The van der Waals surface area contributed by atoms with Crippen LogP contribution in [0.1, 0.15) is 31.2 Å². The molecule has 2 aliphatic rings. The van der Waals surface area contributed by atoms with Gasteiger partial charge in [0.1, 0.15) is 5.82 Å². The van der Waals surface area contributed by atoms with Gasteiger partial charge < -0.3 is 10.2 Å². The Morgan fingerprint density at radius 1 is 0.964 bits per heavy atom. The third kappa shape index (κ3) is 4.71. The Labute approximate surface area is 166 Å². The zero-order valence-corrected chi connectivity index (χ0v) is 16.2. The monoisotopic (exact) mass is 381 g/mol. The van der Waals surface area contributed by atoms with E-state index in [9.17, 15) is 9.18 Å². The van der Waals surface area contributed by atoms with Gasteiger partial charge in [-0.3, -0.25) is 9.69 Å². The van der Waals surface area contributed by atoms with Crippen molar-refractivity contribution in [1.82, 2.24) is 4.90 Å². The third-order valence-corrected chi connectivity index (χ3v) is 5.80. The van der Waals surface area contributed by atoms with Crippen LogP contribution in [-0.4, -0.2) is 37.0 Å². The number of hydrogen-bond acceptors (Lipinski definition) is 3. The van der Waals surface area contributed by atoms with Crippen LogP contribution in [0.5, 0.6) is 0 Å². The smallest absolute Gasteiger partial charge is 0.228 e. The number of nitrogens with zero attached hydrogens (tertiary/aromatic N) is 2. The van der Waals surface area contributed by atoms with Crippen molar-refractivity contribution in [2.24, 2.45) is 5.92 Å². The van der Waals surface area contributed by atoms with Crippen molar-refractivity contribution in [2.75, 3.05) is 36.4 Å². The normalized spacial score (nSPS) is 20.3. The van der Waals surface area contributed by atoms with E-state index in [1.807, 2.05) is 24.3 Å². The molecule has 0 aromatic heterocycles. The molecule has 28 heavy (non-hydrogen) atoms. The quantitative estimate of drug-likeness (QED) is 0.840. The van der Waals surface area contributed by atoms with Gasteiger partial charge in [-0.2, -0.15) is 0 Å². The number of anilines is 2. The molecule has 5 heteroatoms. The molecule has 0 unspecified atom stereocenters. The van der Waals surface area contributed by atoms with Crippen LogP contribution in [0.2, 0.25) is 0 Å². The van der Waals surface area contributed by atoms with Crippen molar-refractivity contribution in [2.45, 2.75) is 32.2 Å². The van der Waals surface area contributed by atoms with Crippen molar-refractivity contribution < 1.29 is 9.18 Å². The van der Waals surface area contributed by atoms with Crippen molar-refractivity contribution in [1.29, 1.82) is 0 Å². The lowest BCUT2D eigenvalue weighted by atomic mass is 9.96. The van der Waals surface area contributed by atoms with Crippen LogP contribution < -0.4 is 10.2 Å². The summed E-state index contributed by atoms with van der Waals surface area (Å²) in [5, 5.41) is 3.09. The fourth-order valence-corrected chi connectivity index (χ4v) is 4.24. The maximum absolute atomic E-state index is 13.1. The first kappa shape index (κ1) is 18.9. The van der Waals surface area contributed by atoms with Gasteiger partial charge in [0.25, 0.3) is 0 Å². The number of carbonyl (C=O) groups excluding carboxylic acids is 1. The van der Waals surface area contributed by atoms with Crippen LogP contribution in [0.4, 0.5) is 15.8 Å². The number of amides is 1. The van der Waals surface area contributed by atoms with Gasteiger partial charge >= 0.3 is 0 Å². The fourth-order valence-electron chi connectivity index (χ4n) is 4.24. The minimum absolute atomic E-state index is 0.00698. The lowest BCUT2D eigenvalue weighted by Crippen LogP contribution is -2.40. The highest BCUT2D eigenvalue weighted by atomic mass is 19.1. The molecule has 2 aromatic carbocycles. The number of halogens is 1. The molecule has 1 amide bonds. The highest BCUT2D eigenvalue weighted by Gasteiger charge is 2.26. The molecular weight excluding hydrogens is 353 g/mol. The summed E-state index contributed by atoms with van der Waals surface area (Å²) in [6, 6.07) is 14.8. The summed E-state index contributed by atoms with van der Waals surface area (Å²) in [7, 11) is 0. The first-order valence-corrected chi connectivity index (χ1v) is 10.3. The van der Waals surface area contributed by atoms with E-state index in [1.165, 1.54) is 30.7 Å². The molecule has 2 heterocycles. The predicted octanol–water partition coefficient (Wildman–Crippen LogP) is 4.28. The molecule has 2 saturated heterocycles. The molecule has 4 rings (SSSR count). The average molecular weight is 381 g/mol. The Balaban J connectivity index is 1.31. The van der Waals surface area contributed by atoms with Gasteiger partial charge in [-0.05, 0) is 74.2 Å². The Hall–Kier alpha value is -2.40. The standard InChI is InChI=1S/C23H28FN3O/c24-20-7-5-18(6-8-20)16-26-13-3-4-19(17-26)23(28)25-21-9-11-22(12-10-21)27-14-1-2-15-27/h5-12,19H,1-4,13-17H2,(H,25,28)/t19-/m0/s1. The molecule has 4 nitrogen and oxygen atoms in total. The molecular formula is C23H28FN3O. The summed E-state index contributed by atoms with van der Waals surface area (Å²) in [4.78, 5) is 17.4. The number of piperidine rings is 1. The van der Waals surface area contributed by atoms with Gasteiger partial charge in [0, 0.05) is 37.6 Å². The lowest BCUT2D eigenvalue weighted by molar-refractivity contribution is -0.121. The average Bonchev–Trinajstić information content (AvgIpc) is 3.25. The van der Waals surface area contributed by atoms with Crippen LogP contribution in [0.25, 0.3) is 0 Å². The lowest BCUT2D eigenvalue weighted by Gasteiger charge is -2.32. The van der Waals surface area contributed by atoms with Crippen molar-refractivity contribution in [3.63, 3.8) is 0 Å². The van der Waals surface area contributed by atoms with Crippen LogP contribution in [0.15, 0.2) is 48.5 Å². The SMILES string of the molecule is O=C(Nc1ccc(N2CCCC2)cc1)[C@H]1CCCN(Cc2ccc(F)cc2)C1. The molecule has 1 atom stereocenters. The minimum atomic E-state index is -0.213. The highest BCUT2D eigenvalue weighted by Crippen LogP contribution is 2.24. The molecule has 0 saturated carbocycles. The number of nitrogens with one attached hydrogen (secondary N) is 1. The highest BCUT2D eigenvalue weighted by molar-refractivity contribution is 5.92. The second kappa shape index (κ2) is 8.74. The Morgan fingerprint density at radius 3 is 2.39 bits per heavy atom. The van der Waals surface area contributed by atoms with Crippen molar-refractivity contribution in [3.8, 4) is 0 Å². The fraction of sp³-hybridized carbons (Fsp3) is 0.435. The van der Waals surface area contributed by atoms with Gasteiger partial charge in [0.2, 0.25) is 5.91 Å². The molecule has 2 fully saturated rings. The molecule has 148 valence electrons. The molecule has 0 radical (unpaired) electrons. The van der Waals surface area contributed by atoms with Crippen LogP contribution in [0, 0.1) is 11.7 Å². The van der Waals surface area contributed by atoms with Crippen molar-refractivity contribution >= 4 is 17.3 Å². The second-order valence-corrected chi connectivity index (χ2v) is 7.93. The van der Waals surface area contributed by atoms with E-state index in [0.717, 1.165) is 56.8 Å². The van der Waals surface area contributed by atoms with Gasteiger partial charge in [-0.1, -0.05) is 12.1 Å². The molecule has 2 aromatic rings. The number of benzene rings is 2. The van der Waals surface area contributed by atoms with E-state index in [1.54, 1.807) is 0 Å². The van der Waals surface area contributed by atoms with E-state index in [2.05, 4.69) is 27.2 Å². The summed E-state index contributed by atoms with van der Waals surface area (Å²) < 4.78 is 13.1. The number of hydrogen-bond donors (Lipinski definition) is 1. The van der Waals surface area contributed by atoms with Crippen LogP contribution >= 0.6 is 0 Å². The topological polar surface area (TPSA) is 35.6 Å². The van der Waals surface area contributed by atoms with E-state index in [4.69, 9.17) is 0 Å². The maximum Gasteiger partial charge on any atom is 0.228 e. The minimum Gasteiger partial charge on any atom is -0.372 e. The van der Waals surface area contributed by atoms with E-state index >= 15 is 0 Å². The number of carbonyl (C=O) groups is 1. The molecule has 0 bridgehead atoms. The number of rotatable bonds is 5. The molecule has 1 N–H and O–H groups in total. The second-order valence-electron chi connectivity index (χ2n) is 7.93. The largest absolute Gasteiger partial charge is 0.372 e. The van der Waals surface area contributed by atoms with E-state index in [-0.39, 0.29) is 17.6 Å². The summed E-state index contributed by atoms with van der Waals surface area (Å²) in [6.45, 7) is 4.73. The summed E-state index contributed by atoms with van der Waals surface area (Å²) in [5.41, 5.74) is 3.18. The third-order valence-electron chi connectivity index (χ3n) is 5.80. The summed E-state index contributed by atoms with van der Waals surface area (Å²) in [6.07, 6.45) is 4.44. The Morgan fingerprint density at radius 2 is 1.68 bits per heavy atom. The number of likely N-dealkylation sites (tertiary alicyclic amines) is 1. The first-order chi connectivity index (χ1) is 13.7.